The quantitative estimate of drug-likeness (QED) is 0.673. The van der Waals surface area contributed by atoms with Crippen molar-refractivity contribution in [2.24, 2.45) is 5.84 Å². The van der Waals surface area contributed by atoms with Crippen LogP contribution >= 0.6 is 23.4 Å². The summed E-state index contributed by atoms with van der Waals surface area (Å²) in [6, 6.07) is 7.75. The predicted octanol–water partition coefficient (Wildman–Crippen LogP) is 2.75. The fourth-order valence-corrected chi connectivity index (χ4v) is 3.38. The molecule has 3 N–H and O–H groups in total. The van der Waals surface area contributed by atoms with Crippen LogP contribution < -0.4 is 11.3 Å². The number of hydrogen-bond donors (Lipinski definition) is 2. The van der Waals surface area contributed by atoms with E-state index in [-0.39, 0.29) is 0 Å². The lowest BCUT2D eigenvalue weighted by Gasteiger charge is -2.09. The average Bonchev–Trinajstić information content (AvgIpc) is 2.86. The maximum atomic E-state index is 5.99. The molecule has 0 bridgehead atoms. The Kier molecular flexibility index (Phi) is 3.59. The SMILES string of the molecule is NNc1nc(Cc2cccc(Cl)c2)nc2c1CSC2. The third-order valence-corrected chi connectivity index (χ3v) is 4.22. The summed E-state index contributed by atoms with van der Waals surface area (Å²) in [5.41, 5.74) is 5.99. The molecule has 6 heteroatoms. The second-order valence-electron chi connectivity index (χ2n) is 4.36. The number of nitrogens with zero attached hydrogens (tertiary/aromatic N) is 2. The van der Waals surface area contributed by atoms with Crippen molar-refractivity contribution in [2.45, 2.75) is 17.9 Å². The summed E-state index contributed by atoms with van der Waals surface area (Å²) in [4.78, 5) is 9.10. The Hall–Kier alpha value is -1.30. The first-order valence-corrected chi connectivity index (χ1v) is 7.47. The van der Waals surface area contributed by atoms with Crippen molar-refractivity contribution in [3.8, 4) is 0 Å². The van der Waals surface area contributed by atoms with E-state index in [2.05, 4.69) is 15.4 Å². The van der Waals surface area contributed by atoms with E-state index in [0.29, 0.717) is 6.42 Å². The largest absolute Gasteiger partial charge is 0.308 e. The Morgan fingerprint density at radius 1 is 1.32 bits per heavy atom. The van der Waals surface area contributed by atoms with Crippen LogP contribution in [0.5, 0.6) is 0 Å². The molecule has 1 aliphatic heterocycles. The first kappa shape index (κ1) is 12.7. The molecule has 0 atom stereocenters. The number of halogens is 1. The van der Waals surface area contributed by atoms with Gasteiger partial charge in [0.25, 0.3) is 0 Å². The third-order valence-electron chi connectivity index (χ3n) is 3.01. The highest BCUT2D eigenvalue weighted by atomic mass is 35.5. The zero-order valence-corrected chi connectivity index (χ0v) is 11.8. The van der Waals surface area contributed by atoms with Gasteiger partial charge in [0.05, 0.1) is 5.69 Å². The fraction of sp³-hybridized carbons (Fsp3) is 0.231. The Morgan fingerprint density at radius 2 is 2.21 bits per heavy atom. The molecule has 4 nitrogen and oxygen atoms in total. The number of nitrogens with two attached hydrogens (primary N) is 1. The van der Waals surface area contributed by atoms with E-state index in [1.165, 1.54) is 0 Å². The zero-order valence-electron chi connectivity index (χ0n) is 10.2. The van der Waals surface area contributed by atoms with E-state index >= 15 is 0 Å². The molecule has 0 saturated carbocycles. The van der Waals surface area contributed by atoms with Crippen molar-refractivity contribution in [1.82, 2.24) is 9.97 Å². The topological polar surface area (TPSA) is 63.8 Å². The highest BCUT2D eigenvalue weighted by molar-refractivity contribution is 7.98. The Balaban J connectivity index is 1.93. The predicted molar refractivity (Wildman–Crippen MR) is 79.1 cm³/mol. The summed E-state index contributed by atoms with van der Waals surface area (Å²) >= 11 is 7.82. The molecule has 3 rings (SSSR count). The van der Waals surface area contributed by atoms with Crippen LogP contribution in [0.4, 0.5) is 5.82 Å². The van der Waals surface area contributed by atoms with Crippen molar-refractivity contribution in [1.29, 1.82) is 0 Å². The second-order valence-corrected chi connectivity index (χ2v) is 5.78. The minimum absolute atomic E-state index is 0.660. The summed E-state index contributed by atoms with van der Waals surface area (Å²) in [6.07, 6.45) is 0.660. The molecule has 1 aliphatic rings. The van der Waals surface area contributed by atoms with Crippen molar-refractivity contribution in [3.63, 3.8) is 0 Å². The molecule has 1 aromatic heterocycles. The van der Waals surface area contributed by atoms with Crippen molar-refractivity contribution < 1.29 is 0 Å². The van der Waals surface area contributed by atoms with Crippen LogP contribution in [-0.4, -0.2) is 9.97 Å². The first-order valence-electron chi connectivity index (χ1n) is 5.94. The van der Waals surface area contributed by atoms with E-state index in [0.717, 1.165) is 45.0 Å². The number of rotatable bonds is 3. The van der Waals surface area contributed by atoms with Gasteiger partial charge in [0.15, 0.2) is 0 Å². The Morgan fingerprint density at radius 3 is 3.00 bits per heavy atom. The standard InChI is InChI=1S/C13H13ClN4S/c14-9-3-1-2-8(4-9)5-12-16-11-7-19-6-10(11)13(17-12)18-15/h1-4H,5-7,15H2,(H,16,17,18). The van der Waals surface area contributed by atoms with Gasteiger partial charge in [0.2, 0.25) is 0 Å². The molecule has 0 saturated heterocycles. The number of anilines is 1. The molecule has 0 amide bonds. The van der Waals surface area contributed by atoms with Crippen LogP contribution in [0.2, 0.25) is 5.02 Å². The summed E-state index contributed by atoms with van der Waals surface area (Å²) in [5, 5.41) is 0.728. The van der Waals surface area contributed by atoms with E-state index in [1.54, 1.807) is 0 Å². The number of fused-ring (bicyclic) bond motifs is 1. The first-order chi connectivity index (χ1) is 9.26. The van der Waals surface area contributed by atoms with Gasteiger partial charge in [-0.3, -0.25) is 0 Å². The number of aromatic nitrogens is 2. The molecule has 0 fully saturated rings. The molecular formula is C13H13ClN4S. The van der Waals surface area contributed by atoms with Gasteiger partial charge in [0.1, 0.15) is 11.6 Å². The minimum Gasteiger partial charge on any atom is -0.308 e. The van der Waals surface area contributed by atoms with Crippen LogP contribution in [-0.2, 0) is 17.9 Å². The zero-order chi connectivity index (χ0) is 13.2. The van der Waals surface area contributed by atoms with Gasteiger partial charge in [-0.05, 0) is 17.7 Å². The highest BCUT2D eigenvalue weighted by Gasteiger charge is 2.19. The number of hydrazine groups is 1. The van der Waals surface area contributed by atoms with Gasteiger partial charge in [-0.15, -0.1) is 0 Å². The van der Waals surface area contributed by atoms with Crippen LogP contribution in [0.1, 0.15) is 22.6 Å². The number of benzene rings is 1. The fourth-order valence-electron chi connectivity index (χ4n) is 2.13. The molecule has 19 heavy (non-hydrogen) atoms. The van der Waals surface area contributed by atoms with E-state index < -0.39 is 0 Å². The number of nitrogens with one attached hydrogen (secondary N) is 1. The third kappa shape index (κ3) is 2.68. The van der Waals surface area contributed by atoms with Gasteiger partial charge in [-0.2, -0.15) is 11.8 Å². The van der Waals surface area contributed by atoms with Crippen LogP contribution in [0.15, 0.2) is 24.3 Å². The lowest BCUT2D eigenvalue weighted by molar-refractivity contribution is 0.926. The van der Waals surface area contributed by atoms with Crippen LogP contribution in [0.3, 0.4) is 0 Å². The molecule has 98 valence electrons. The lowest BCUT2D eigenvalue weighted by atomic mass is 10.1. The van der Waals surface area contributed by atoms with Gasteiger partial charge in [-0.25, -0.2) is 15.8 Å². The van der Waals surface area contributed by atoms with Gasteiger partial charge < -0.3 is 5.43 Å². The van der Waals surface area contributed by atoms with Gasteiger partial charge in [0, 0.05) is 28.5 Å². The van der Waals surface area contributed by atoms with E-state index in [9.17, 15) is 0 Å². The second kappa shape index (κ2) is 5.36. The Labute approximate surface area is 120 Å². The monoisotopic (exact) mass is 292 g/mol. The minimum atomic E-state index is 0.660. The summed E-state index contributed by atoms with van der Waals surface area (Å²) in [6.45, 7) is 0. The van der Waals surface area contributed by atoms with Gasteiger partial charge in [-0.1, -0.05) is 23.7 Å². The number of thioether (sulfide) groups is 1. The smallest absolute Gasteiger partial charge is 0.148 e. The normalized spacial score (nSPS) is 13.4. The van der Waals surface area contributed by atoms with Crippen LogP contribution in [0.25, 0.3) is 0 Å². The lowest BCUT2D eigenvalue weighted by Crippen LogP contribution is -2.14. The Bertz CT molecular complexity index is 618. The molecule has 2 aromatic rings. The summed E-state index contributed by atoms with van der Waals surface area (Å²) in [7, 11) is 0. The molecule has 0 radical (unpaired) electrons. The van der Waals surface area contributed by atoms with Crippen molar-refractivity contribution >= 4 is 29.2 Å². The summed E-state index contributed by atoms with van der Waals surface area (Å²) < 4.78 is 0. The van der Waals surface area contributed by atoms with E-state index in [1.807, 2.05) is 36.0 Å². The molecule has 1 aromatic carbocycles. The molecule has 0 spiro atoms. The highest BCUT2D eigenvalue weighted by Crippen LogP contribution is 2.32. The molecule has 2 heterocycles. The van der Waals surface area contributed by atoms with Crippen molar-refractivity contribution in [2.75, 3.05) is 5.43 Å². The molecular weight excluding hydrogens is 280 g/mol. The number of nitrogen functional groups attached to an aromatic ring is 1. The molecule has 0 aliphatic carbocycles. The van der Waals surface area contributed by atoms with Gasteiger partial charge >= 0.3 is 0 Å². The van der Waals surface area contributed by atoms with E-state index in [4.69, 9.17) is 17.4 Å². The summed E-state index contributed by atoms with van der Waals surface area (Å²) in [5.74, 6) is 8.90. The molecule has 0 unspecified atom stereocenters. The maximum Gasteiger partial charge on any atom is 0.148 e. The average molecular weight is 293 g/mol. The number of hydrogen-bond acceptors (Lipinski definition) is 5. The maximum absolute atomic E-state index is 5.99. The van der Waals surface area contributed by atoms with Crippen LogP contribution in [0, 0.1) is 0 Å². The van der Waals surface area contributed by atoms with Crippen molar-refractivity contribution in [3.05, 3.63) is 51.9 Å².